The molecule has 4 rings (SSSR count). The zero-order valence-corrected chi connectivity index (χ0v) is 17.7. The molecule has 0 unspecified atom stereocenters. The van der Waals surface area contributed by atoms with E-state index in [-0.39, 0.29) is 11.4 Å². The average Bonchev–Trinajstić information content (AvgIpc) is 3.22. The predicted octanol–water partition coefficient (Wildman–Crippen LogP) is 7.00. The number of rotatable bonds is 5. The summed E-state index contributed by atoms with van der Waals surface area (Å²) in [5, 5.41) is 2.52. The number of benzene rings is 2. The van der Waals surface area contributed by atoms with Crippen molar-refractivity contribution in [3.63, 3.8) is 0 Å². The van der Waals surface area contributed by atoms with E-state index >= 15 is 0 Å². The third-order valence-corrected chi connectivity index (χ3v) is 6.77. The van der Waals surface area contributed by atoms with Crippen LogP contribution in [0.3, 0.4) is 0 Å². The minimum absolute atomic E-state index is 0.119. The van der Waals surface area contributed by atoms with Crippen LogP contribution >= 0.6 is 58.2 Å². The highest BCUT2D eigenvalue weighted by atomic mass is 35.5. The van der Waals surface area contributed by atoms with Gasteiger partial charge in [-0.15, -0.1) is 11.8 Å². The average molecular weight is 460 g/mol. The third-order valence-electron chi connectivity index (χ3n) is 4.34. The maximum atomic E-state index is 6.51. The summed E-state index contributed by atoms with van der Waals surface area (Å²) in [6.45, 7) is 0.355. The number of H-pyrrole nitrogens is 1. The second-order valence-corrected chi connectivity index (χ2v) is 9.13. The minimum Gasteiger partial charge on any atom is -0.368 e. The molecule has 2 aromatic carbocycles. The first-order chi connectivity index (χ1) is 13.0. The molecule has 2 heterocycles. The summed E-state index contributed by atoms with van der Waals surface area (Å²) in [5.74, 6) is 0.903. The van der Waals surface area contributed by atoms with Gasteiger partial charge in [-0.25, -0.2) is 4.98 Å². The largest absolute Gasteiger partial charge is 0.368 e. The molecule has 3 aromatic rings. The van der Waals surface area contributed by atoms with Crippen molar-refractivity contribution in [2.24, 2.45) is 0 Å². The molecule has 0 saturated carbocycles. The molecule has 1 N–H and O–H groups in total. The number of fused-ring (bicyclic) bond motifs is 1. The molecule has 8 heteroatoms. The van der Waals surface area contributed by atoms with E-state index in [0.29, 0.717) is 26.7 Å². The molecule has 2 atom stereocenters. The smallest absolute Gasteiger partial charge is 0.107 e. The van der Waals surface area contributed by atoms with E-state index in [4.69, 9.17) is 51.1 Å². The van der Waals surface area contributed by atoms with E-state index < -0.39 is 0 Å². The summed E-state index contributed by atoms with van der Waals surface area (Å²) < 4.78 is 6.30. The molecule has 1 aliphatic rings. The van der Waals surface area contributed by atoms with E-state index in [0.717, 1.165) is 28.3 Å². The Morgan fingerprint density at radius 2 is 1.85 bits per heavy atom. The SMILES string of the molecule is Clc1ccc(CO[C@H]2c3c(Cl)cc(Cl)cc3S[C@H]2Cc2ncc[nH]2)c(Cl)c1. The number of imidazole rings is 1. The highest BCUT2D eigenvalue weighted by molar-refractivity contribution is 8.00. The van der Waals surface area contributed by atoms with Crippen LogP contribution in [0, 0.1) is 0 Å². The van der Waals surface area contributed by atoms with Crippen molar-refractivity contribution in [1.82, 2.24) is 9.97 Å². The van der Waals surface area contributed by atoms with Crippen LogP contribution < -0.4 is 0 Å². The van der Waals surface area contributed by atoms with Crippen molar-refractivity contribution in [2.45, 2.75) is 29.3 Å². The van der Waals surface area contributed by atoms with E-state index in [9.17, 15) is 0 Å². The van der Waals surface area contributed by atoms with Gasteiger partial charge in [-0.2, -0.15) is 0 Å². The lowest BCUT2D eigenvalue weighted by molar-refractivity contribution is 0.0393. The molecule has 27 heavy (non-hydrogen) atoms. The van der Waals surface area contributed by atoms with Gasteiger partial charge in [0, 0.05) is 54.6 Å². The highest BCUT2D eigenvalue weighted by Gasteiger charge is 2.37. The maximum absolute atomic E-state index is 6.51. The zero-order chi connectivity index (χ0) is 19.0. The number of nitrogens with zero attached hydrogens (tertiary/aromatic N) is 1. The molecule has 1 aliphatic heterocycles. The molecule has 0 amide bonds. The second kappa shape index (κ2) is 8.24. The van der Waals surface area contributed by atoms with Crippen LogP contribution in [0.4, 0.5) is 0 Å². The summed E-state index contributed by atoms with van der Waals surface area (Å²) >= 11 is 26.7. The van der Waals surface area contributed by atoms with E-state index in [1.807, 2.05) is 18.3 Å². The molecule has 3 nitrogen and oxygen atoms in total. The second-order valence-electron chi connectivity index (χ2n) is 6.16. The molecule has 0 spiro atoms. The normalized spacial score (nSPS) is 18.7. The van der Waals surface area contributed by atoms with Crippen molar-refractivity contribution in [1.29, 1.82) is 0 Å². The van der Waals surface area contributed by atoms with Gasteiger partial charge in [-0.05, 0) is 29.8 Å². The topological polar surface area (TPSA) is 37.9 Å². The Morgan fingerprint density at radius 1 is 1.04 bits per heavy atom. The van der Waals surface area contributed by atoms with Gasteiger partial charge in [0.05, 0.1) is 12.7 Å². The number of ether oxygens (including phenoxy) is 1. The van der Waals surface area contributed by atoms with Gasteiger partial charge in [0.25, 0.3) is 0 Å². The number of halogens is 4. The Balaban J connectivity index is 1.61. The fourth-order valence-electron chi connectivity index (χ4n) is 3.10. The first-order valence-electron chi connectivity index (χ1n) is 8.20. The van der Waals surface area contributed by atoms with E-state index in [1.165, 1.54) is 0 Å². The first kappa shape index (κ1) is 19.4. The van der Waals surface area contributed by atoms with Crippen LogP contribution in [0.2, 0.25) is 20.1 Å². The Labute approximate surface area is 181 Å². The molecule has 0 bridgehead atoms. The van der Waals surface area contributed by atoms with Gasteiger partial charge in [-0.3, -0.25) is 0 Å². The molecule has 0 aliphatic carbocycles. The zero-order valence-electron chi connectivity index (χ0n) is 13.9. The quantitative estimate of drug-likeness (QED) is 0.446. The van der Waals surface area contributed by atoms with Crippen molar-refractivity contribution in [3.8, 4) is 0 Å². The number of aromatic nitrogens is 2. The van der Waals surface area contributed by atoms with Crippen molar-refractivity contribution >= 4 is 58.2 Å². The molecule has 0 saturated heterocycles. The Hall–Kier alpha value is -0.880. The molecule has 1 aromatic heterocycles. The lowest BCUT2D eigenvalue weighted by atomic mass is 10.0. The van der Waals surface area contributed by atoms with Gasteiger partial charge in [-0.1, -0.05) is 52.5 Å². The standard InChI is InChI=1S/C19H14Cl4N2OS/c20-11-2-1-10(13(22)5-11)9-26-19-16(8-17-24-3-4-25-17)27-15-7-12(21)6-14(23)18(15)19/h1-7,16,19H,8-9H2,(H,24,25)/t16-,19+/m0/s1. The summed E-state index contributed by atoms with van der Waals surface area (Å²) in [6.07, 6.45) is 4.08. The molecule has 140 valence electrons. The van der Waals surface area contributed by atoms with Gasteiger partial charge in [0.15, 0.2) is 0 Å². The summed E-state index contributed by atoms with van der Waals surface area (Å²) in [7, 11) is 0. The van der Waals surface area contributed by atoms with E-state index in [2.05, 4.69) is 9.97 Å². The summed E-state index contributed by atoms with van der Waals surface area (Å²) in [4.78, 5) is 8.53. The number of aromatic amines is 1. The van der Waals surface area contributed by atoms with Crippen LogP contribution in [0.5, 0.6) is 0 Å². The number of hydrogen-bond donors (Lipinski definition) is 1. The molecule has 0 radical (unpaired) electrons. The molecular weight excluding hydrogens is 446 g/mol. The fourth-order valence-corrected chi connectivity index (χ4v) is 5.74. The summed E-state index contributed by atoms with van der Waals surface area (Å²) in [5.41, 5.74) is 1.84. The van der Waals surface area contributed by atoms with Gasteiger partial charge < -0.3 is 9.72 Å². The molecular formula is C19H14Cl4N2OS. The number of nitrogens with one attached hydrogen (secondary N) is 1. The van der Waals surface area contributed by atoms with Crippen LogP contribution in [0.25, 0.3) is 0 Å². The van der Waals surface area contributed by atoms with E-state index in [1.54, 1.807) is 36.2 Å². The van der Waals surface area contributed by atoms with Crippen molar-refractivity contribution in [2.75, 3.05) is 0 Å². The predicted molar refractivity (Wildman–Crippen MR) is 112 cm³/mol. The first-order valence-corrected chi connectivity index (χ1v) is 10.6. The Morgan fingerprint density at radius 3 is 2.59 bits per heavy atom. The van der Waals surface area contributed by atoms with Crippen LogP contribution in [0.15, 0.2) is 47.6 Å². The van der Waals surface area contributed by atoms with Crippen LogP contribution in [0.1, 0.15) is 23.1 Å². The maximum Gasteiger partial charge on any atom is 0.107 e. The lowest BCUT2D eigenvalue weighted by Crippen LogP contribution is -2.17. The van der Waals surface area contributed by atoms with Gasteiger partial charge in [0.1, 0.15) is 5.82 Å². The van der Waals surface area contributed by atoms with Crippen LogP contribution in [-0.2, 0) is 17.8 Å². The highest BCUT2D eigenvalue weighted by Crippen LogP contribution is 2.51. The fraction of sp³-hybridized carbons (Fsp3) is 0.211. The van der Waals surface area contributed by atoms with Crippen molar-refractivity contribution < 1.29 is 4.74 Å². The Bertz CT molecular complexity index is 965. The number of thioether (sulfide) groups is 1. The van der Waals surface area contributed by atoms with Gasteiger partial charge >= 0.3 is 0 Å². The Kier molecular flexibility index (Phi) is 5.93. The third kappa shape index (κ3) is 4.26. The lowest BCUT2D eigenvalue weighted by Gasteiger charge is -2.21. The van der Waals surface area contributed by atoms with Crippen LogP contribution in [-0.4, -0.2) is 15.2 Å². The molecule has 0 fully saturated rings. The monoisotopic (exact) mass is 458 g/mol. The minimum atomic E-state index is -0.202. The summed E-state index contributed by atoms with van der Waals surface area (Å²) in [6, 6.07) is 9.08. The van der Waals surface area contributed by atoms with Gasteiger partial charge in [0.2, 0.25) is 0 Å². The van der Waals surface area contributed by atoms with Crippen molar-refractivity contribution in [3.05, 3.63) is 79.8 Å². The number of hydrogen-bond acceptors (Lipinski definition) is 3.